The number of hydrogen-bond donors (Lipinski definition) is 0. The average Bonchev–Trinajstić information content (AvgIpc) is 2.72. The molecule has 0 aliphatic heterocycles. The van der Waals surface area contributed by atoms with Crippen LogP contribution in [0.25, 0.3) is 0 Å². The Balaban J connectivity index is 2.13. The summed E-state index contributed by atoms with van der Waals surface area (Å²) >= 11 is 0. The van der Waals surface area contributed by atoms with E-state index < -0.39 is 5.97 Å². The number of ether oxygens (including phenoxy) is 2. The van der Waals surface area contributed by atoms with Gasteiger partial charge in [0.25, 0.3) is 0 Å². The lowest BCUT2D eigenvalue weighted by Crippen LogP contribution is -2.06. The molecule has 3 rings (SSSR count). The first-order chi connectivity index (χ1) is 12.7. The molecule has 3 aromatic rings. The maximum absolute atomic E-state index is 12.0. The minimum Gasteiger partial charge on any atom is -0.494 e. The third-order valence-electron chi connectivity index (χ3n) is 3.80. The minimum atomic E-state index is -0.498. The van der Waals surface area contributed by atoms with Crippen molar-refractivity contribution in [1.82, 2.24) is 4.98 Å². The van der Waals surface area contributed by atoms with E-state index in [1.807, 2.05) is 60.7 Å². The van der Waals surface area contributed by atoms with Crippen LogP contribution in [-0.2, 0) is 4.74 Å². The summed E-state index contributed by atoms with van der Waals surface area (Å²) in [5.74, 6) is 0.243. The largest absolute Gasteiger partial charge is 0.494 e. The van der Waals surface area contributed by atoms with E-state index in [9.17, 15) is 4.79 Å². The molecule has 0 atom stereocenters. The third-order valence-corrected chi connectivity index (χ3v) is 3.80. The van der Waals surface area contributed by atoms with Crippen molar-refractivity contribution in [2.45, 2.75) is 0 Å². The Morgan fingerprint density at radius 1 is 0.923 bits per heavy atom. The summed E-state index contributed by atoms with van der Waals surface area (Å²) < 4.78 is 10.00. The highest BCUT2D eigenvalue weighted by Crippen LogP contribution is 2.24. The molecule has 0 spiro atoms. The molecule has 1 aromatic heterocycles. The molecule has 0 amide bonds. The molecule has 0 N–H and O–H groups in total. The molecule has 1 heterocycles. The minimum absolute atomic E-state index is 0.282. The van der Waals surface area contributed by atoms with Crippen molar-refractivity contribution in [3.63, 3.8) is 0 Å². The van der Waals surface area contributed by atoms with Crippen molar-refractivity contribution in [3.05, 3.63) is 89.6 Å². The standard InChI is InChI=1S/C21H18N2O3/c1-25-18-14-22-19(13-17(18)21(24)26-2)23-20(15-9-5-3-6-10-15)16-11-7-4-8-12-16/h3-14H,1-2H3. The molecule has 0 radical (unpaired) electrons. The Morgan fingerprint density at radius 3 is 2.00 bits per heavy atom. The van der Waals surface area contributed by atoms with Crippen LogP contribution in [0.4, 0.5) is 5.82 Å². The van der Waals surface area contributed by atoms with Crippen molar-refractivity contribution in [3.8, 4) is 5.75 Å². The topological polar surface area (TPSA) is 60.8 Å². The quantitative estimate of drug-likeness (QED) is 0.517. The van der Waals surface area contributed by atoms with Gasteiger partial charge in [-0.3, -0.25) is 0 Å². The predicted molar refractivity (Wildman–Crippen MR) is 100 cm³/mol. The van der Waals surface area contributed by atoms with Gasteiger partial charge in [-0.1, -0.05) is 60.7 Å². The summed E-state index contributed by atoms with van der Waals surface area (Å²) in [4.78, 5) is 21.0. The predicted octanol–water partition coefficient (Wildman–Crippen LogP) is 4.05. The van der Waals surface area contributed by atoms with E-state index in [4.69, 9.17) is 14.5 Å². The van der Waals surface area contributed by atoms with Crippen LogP contribution >= 0.6 is 0 Å². The Hall–Kier alpha value is -3.47. The smallest absolute Gasteiger partial charge is 0.341 e. The molecule has 0 saturated heterocycles. The number of methoxy groups -OCH3 is 2. The number of aromatic nitrogens is 1. The number of aliphatic imine (C=N–C) groups is 1. The van der Waals surface area contributed by atoms with Gasteiger partial charge in [0.1, 0.15) is 5.56 Å². The Morgan fingerprint density at radius 2 is 1.50 bits per heavy atom. The Kier molecular flexibility index (Phi) is 5.39. The number of rotatable bonds is 5. The van der Waals surface area contributed by atoms with Crippen LogP contribution in [0.2, 0.25) is 0 Å². The molecule has 0 aliphatic rings. The fourth-order valence-electron chi connectivity index (χ4n) is 2.53. The number of hydrogen-bond acceptors (Lipinski definition) is 5. The lowest BCUT2D eigenvalue weighted by atomic mass is 10.0. The van der Waals surface area contributed by atoms with E-state index in [0.717, 1.165) is 16.8 Å². The van der Waals surface area contributed by atoms with Crippen molar-refractivity contribution in [2.24, 2.45) is 4.99 Å². The fraction of sp³-hybridized carbons (Fsp3) is 0.0952. The molecule has 0 bridgehead atoms. The number of esters is 1. The lowest BCUT2D eigenvalue weighted by Gasteiger charge is -2.09. The van der Waals surface area contributed by atoms with Crippen LogP contribution in [0.5, 0.6) is 5.75 Å². The second-order valence-electron chi connectivity index (χ2n) is 5.43. The van der Waals surface area contributed by atoms with Crippen LogP contribution < -0.4 is 4.74 Å². The number of carbonyl (C=O) groups excluding carboxylic acids is 1. The van der Waals surface area contributed by atoms with Crippen LogP contribution in [0, 0.1) is 0 Å². The van der Waals surface area contributed by atoms with Crippen molar-refractivity contribution in [1.29, 1.82) is 0 Å². The number of pyridine rings is 1. The molecule has 26 heavy (non-hydrogen) atoms. The van der Waals surface area contributed by atoms with Crippen molar-refractivity contribution >= 4 is 17.5 Å². The second-order valence-corrected chi connectivity index (χ2v) is 5.43. The maximum atomic E-state index is 12.0. The van der Waals surface area contributed by atoms with Gasteiger partial charge in [-0.05, 0) is 0 Å². The summed E-state index contributed by atoms with van der Waals surface area (Å²) in [7, 11) is 2.80. The van der Waals surface area contributed by atoms with Gasteiger partial charge in [-0.2, -0.15) is 0 Å². The van der Waals surface area contributed by atoms with Gasteiger partial charge in [0.05, 0.1) is 26.1 Å². The third kappa shape index (κ3) is 3.78. The van der Waals surface area contributed by atoms with Crippen LogP contribution in [-0.4, -0.2) is 30.9 Å². The molecule has 0 saturated carbocycles. The number of benzene rings is 2. The van der Waals surface area contributed by atoms with E-state index in [2.05, 4.69) is 4.98 Å². The normalized spacial score (nSPS) is 10.1. The molecule has 5 heteroatoms. The van der Waals surface area contributed by atoms with Crippen LogP contribution in [0.3, 0.4) is 0 Å². The van der Waals surface area contributed by atoms with E-state index in [0.29, 0.717) is 11.6 Å². The molecule has 0 unspecified atom stereocenters. The molecular formula is C21H18N2O3. The summed E-state index contributed by atoms with van der Waals surface area (Å²) in [5.41, 5.74) is 2.95. The van der Waals surface area contributed by atoms with Crippen molar-refractivity contribution in [2.75, 3.05) is 14.2 Å². The highest BCUT2D eigenvalue weighted by atomic mass is 16.5. The van der Waals surface area contributed by atoms with Gasteiger partial charge in [0.15, 0.2) is 11.6 Å². The maximum Gasteiger partial charge on any atom is 0.341 e. The van der Waals surface area contributed by atoms with Gasteiger partial charge >= 0.3 is 5.97 Å². The average molecular weight is 346 g/mol. The van der Waals surface area contributed by atoms with E-state index in [1.54, 1.807) is 6.07 Å². The zero-order valence-corrected chi connectivity index (χ0v) is 14.5. The lowest BCUT2D eigenvalue weighted by molar-refractivity contribution is 0.0597. The number of nitrogens with zero attached hydrogens (tertiary/aromatic N) is 2. The zero-order chi connectivity index (χ0) is 18.4. The van der Waals surface area contributed by atoms with Crippen LogP contribution in [0.1, 0.15) is 21.5 Å². The zero-order valence-electron chi connectivity index (χ0n) is 14.5. The van der Waals surface area contributed by atoms with E-state index in [-0.39, 0.29) is 5.56 Å². The highest BCUT2D eigenvalue weighted by molar-refractivity contribution is 6.13. The van der Waals surface area contributed by atoms with Gasteiger partial charge in [-0.25, -0.2) is 14.8 Å². The Labute approximate surface area is 152 Å². The van der Waals surface area contributed by atoms with E-state index >= 15 is 0 Å². The van der Waals surface area contributed by atoms with Gasteiger partial charge in [-0.15, -0.1) is 0 Å². The Bertz CT molecular complexity index is 881. The summed E-state index contributed by atoms with van der Waals surface area (Å²) in [5, 5.41) is 0. The summed E-state index contributed by atoms with van der Waals surface area (Å²) in [6.07, 6.45) is 1.47. The number of carbonyl (C=O) groups is 1. The molecule has 0 aliphatic carbocycles. The first-order valence-electron chi connectivity index (χ1n) is 8.05. The monoisotopic (exact) mass is 346 g/mol. The van der Waals surface area contributed by atoms with Gasteiger partial charge < -0.3 is 9.47 Å². The SMILES string of the molecule is COC(=O)c1cc(N=C(c2ccccc2)c2ccccc2)ncc1OC. The van der Waals surface area contributed by atoms with Crippen LogP contribution in [0.15, 0.2) is 77.9 Å². The van der Waals surface area contributed by atoms with Gasteiger partial charge in [0.2, 0.25) is 0 Å². The summed E-state index contributed by atoms with van der Waals surface area (Å²) in [6.45, 7) is 0. The summed E-state index contributed by atoms with van der Waals surface area (Å²) in [6, 6.07) is 21.2. The second kappa shape index (κ2) is 8.07. The van der Waals surface area contributed by atoms with Crippen molar-refractivity contribution < 1.29 is 14.3 Å². The molecule has 2 aromatic carbocycles. The molecular weight excluding hydrogens is 328 g/mol. The molecule has 5 nitrogen and oxygen atoms in total. The molecule has 0 fully saturated rings. The van der Waals surface area contributed by atoms with Gasteiger partial charge in [0, 0.05) is 17.2 Å². The first-order valence-corrected chi connectivity index (χ1v) is 8.05. The first kappa shape index (κ1) is 17.4. The fourth-order valence-corrected chi connectivity index (χ4v) is 2.53. The molecule has 130 valence electrons. The highest BCUT2D eigenvalue weighted by Gasteiger charge is 2.15. The van der Waals surface area contributed by atoms with E-state index in [1.165, 1.54) is 20.4 Å².